The van der Waals surface area contributed by atoms with Gasteiger partial charge in [-0.1, -0.05) is 12.1 Å². The summed E-state index contributed by atoms with van der Waals surface area (Å²) in [5.41, 5.74) is 6.40. The summed E-state index contributed by atoms with van der Waals surface area (Å²) < 4.78 is 5.56. The van der Waals surface area contributed by atoms with Crippen molar-refractivity contribution in [3.8, 4) is 5.75 Å². The lowest BCUT2D eigenvalue weighted by molar-refractivity contribution is -0.122. The summed E-state index contributed by atoms with van der Waals surface area (Å²) >= 11 is 0. The molecule has 0 aliphatic carbocycles. The number of hydrogen-bond acceptors (Lipinski definition) is 4. The van der Waals surface area contributed by atoms with Crippen LogP contribution in [-0.2, 0) is 4.79 Å². The highest BCUT2D eigenvalue weighted by Gasteiger charge is 2.37. The highest BCUT2D eigenvalue weighted by atomic mass is 16.5. The van der Waals surface area contributed by atoms with Gasteiger partial charge in [0.15, 0.2) is 0 Å². The average Bonchev–Trinajstić information content (AvgIpc) is 3.06. The van der Waals surface area contributed by atoms with Crippen LogP contribution < -0.4 is 15.8 Å². The summed E-state index contributed by atoms with van der Waals surface area (Å²) in [5, 5.41) is 3.16. The number of anilines is 1. The second-order valence-corrected chi connectivity index (χ2v) is 5.84. The van der Waals surface area contributed by atoms with E-state index in [2.05, 4.69) is 10.2 Å². The van der Waals surface area contributed by atoms with E-state index in [9.17, 15) is 4.79 Å². The summed E-state index contributed by atoms with van der Waals surface area (Å²) in [6.07, 6.45) is 3.91. The third-order valence-electron chi connectivity index (χ3n) is 4.46. The molecule has 3 N–H and O–H groups in total. The van der Waals surface area contributed by atoms with Gasteiger partial charge in [0, 0.05) is 18.6 Å². The molecule has 3 rings (SSSR count). The van der Waals surface area contributed by atoms with Crippen molar-refractivity contribution in [3.63, 3.8) is 0 Å². The number of nitrogens with two attached hydrogens (primary N) is 1. The molecule has 2 heterocycles. The molecular formula is C16H23N3O2. The topological polar surface area (TPSA) is 67.6 Å². The van der Waals surface area contributed by atoms with Gasteiger partial charge in [0.2, 0.25) is 5.91 Å². The van der Waals surface area contributed by atoms with E-state index in [-0.39, 0.29) is 5.91 Å². The van der Waals surface area contributed by atoms with Crippen LogP contribution in [0.5, 0.6) is 5.75 Å². The molecule has 1 aromatic rings. The van der Waals surface area contributed by atoms with Crippen LogP contribution in [0.3, 0.4) is 0 Å². The molecule has 2 saturated heterocycles. The molecule has 0 bridgehead atoms. The molecule has 21 heavy (non-hydrogen) atoms. The van der Waals surface area contributed by atoms with Gasteiger partial charge < -0.3 is 15.8 Å². The van der Waals surface area contributed by atoms with Crippen molar-refractivity contribution < 1.29 is 9.53 Å². The van der Waals surface area contributed by atoms with Crippen molar-refractivity contribution in [2.75, 3.05) is 25.4 Å². The molecule has 0 saturated carbocycles. The van der Waals surface area contributed by atoms with Gasteiger partial charge in [-0.2, -0.15) is 0 Å². The fraction of sp³-hybridized carbons (Fsp3) is 0.562. The first-order chi connectivity index (χ1) is 10.2. The number of para-hydroxylation sites is 2. The lowest BCUT2D eigenvalue weighted by Crippen LogP contribution is -2.42. The molecule has 2 fully saturated rings. The van der Waals surface area contributed by atoms with E-state index in [0.29, 0.717) is 36.5 Å². The molecule has 1 amide bonds. The van der Waals surface area contributed by atoms with Crippen molar-refractivity contribution in [2.24, 2.45) is 0 Å². The molecular weight excluding hydrogens is 266 g/mol. The summed E-state index contributed by atoms with van der Waals surface area (Å²) in [7, 11) is 0. The number of benzene rings is 1. The van der Waals surface area contributed by atoms with Crippen LogP contribution in [-0.4, -0.2) is 42.6 Å². The Bertz CT molecular complexity index is 506. The van der Waals surface area contributed by atoms with Crippen molar-refractivity contribution in [1.82, 2.24) is 10.2 Å². The van der Waals surface area contributed by atoms with Gasteiger partial charge in [0.25, 0.3) is 0 Å². The van der Waals surface area contributed by atoms with Crippen molar-refractivity contribution >= 4 is 11.6 Å². The second-order valence-electron chi connectivity index (χ2n) is 5.84. The van der Waals surface area contributed by atoms with E-state index < -0.39 is 0 Å². The minimum absolute atomic E-state index is 0.0725. The minimum atomic E-state index is 0.0725. The summed E-state index contributed by atoms with van der Waals surface area (Å²) in [4.78, 5) is 14.5. The molecule has 0 spiro atoms. The molecule has 2 aliphatic rings. The Morgan fingerprint density at radius 2 is 2.19 bits per heavy atom. The van der Waals surface area contributed by atoms with Crippen LogP contribution in [0.4, 0.5) is 5.69 Å². The predicted octanol–water partition coefficient (Wildman–Crippen LogP) is 1.39. The molecule has 2 aliphatic heterocycles. The Labute approximate surface area is 125 Å². The monoisotopic (exact) mass is 289 g/mol. The SMILES string of the molecule is Nc1ccccc1OCCC(=O)NC1CCN2CCCC12. The minimum Gasteiger partial charge on any atom is -0.491 e. The van der Waals surface area contributed by atoms with Crippen molar-refractivity contribution in [1.29, 1.82) is 0 Å². The lowest BCUT2D eigenvalue weighted by atomic mass is 10.1. The van der Waals surface area contributed by atoms with Gasteiger partial charge in [0.05, 0.1) is 18.7 Å². The quantitative estimate of drug-likeness (QED) is 0.804. The van der Waals surface area contributed by atoms with Crippen molar-refractivity contribution in [3.05, 3.63) is 24.3 Å². The van der Waals surface area contributed by atoms with Crippen LogP contribution in [0.2, 0.25) is 0 Å². The third-order valence-corrected chi connectivity index (χ3v) is 4.46. The van der Waals surface area contributed by atoms with E-state index in [0.717, 1.165) is 13.0 Å². The zero-order valence-corrected chi connectivity index (χ0v) is 12.3. The largest absolute Gasteiger partial charge is 0.491 e. The molecule has 0 aromatic heterocycles. The summed E-state index contributed by atoms with van der Waals surface area (Å²) in [5.74, 6) is 0.719. The smallest absolute Gasteiger partial charge is 0.223 e. The Kier molecular flexibility index (Phi) is 4.29. The Hall–Kier alpha value is -1.75. The van der Waals surface area contributed by atoms with Crippen LogP contribution in [0, 0.1) is 0 Å². The number of carbonyl (C=O) groups is 1. The van der Waals surface area contributed by atoms with Crippen LogP contribution >= 0.6 is 0 Å². The van der Waals surface area contributed by atoms with Crippen molar-refractivity contribution in [2.45, 2.75) is 37.8 Å². The van der Waals surface area contributed by atoms with Crippen LogP contribution in [0.1, 0.15) is 25.7 Å². The average molecular weight is 289 g/mol. The van der Waals surface area contributed by atoms with Gasteiger partial charge in [0.1, 0.15) is 5.75 Å². The first-order valence-electron chi connectivity index (χ1n) is 7.75. The van der Waals surface area contributed by atoms with E-state index >= 15 is 0 Å². The number of ether oxygens (including phenoxy) is 1. The van der Waals surface area contributed by atoms with E-state index in [1.807, 2.05) is 18.2 Å². The highest BCUT2D eigenvalue weighted by molar-refractivity contribution is 5.76. The van der Waals surface area contributed by atoms with Gasteiger partial charge in [-0.05, 0) is 37.9 Å². The Morgan fingerprint density at radius 1 is 1.33 bits per heavy atom. The number of hydrogen-bond donors (Lipinski definition) is 2. The lowest BCUT2D eigenvalue weighted by Gasteiger charge is -2.21. The Morgan fingerprint density at radius 3 is 3.05 bits per heavy atom. The molecule has 5 nitrogen and oxygen atoms in total. The number of amides is 1. The van der Waals surface area contributed by atoms with Crippen LogP contribution in [0.15, 0.2) is 24.3 Å². The normalized spacial score (nSPS) is 24.8. The molecule has 2 unspecified atom stereocenters. The van der Waals surface area contributed by atoms with Gasteiger partial charge in [-0.25, -0.2) is 0 Å². The molecule has 1 aromatic carbocycles. The zero-order valence-electron chi connectivity index (χ0n) is 12.3. The van der Waals surface area contributed by atoms with Gasteiger partial charge >= 0.3 is 0 Å². The number of nitrogens with one attached hydrogen (secondary N) is 1. The molecule has 114 valence electrons. The molecule has 0 radical (unpaired) electrons. The van der Waals surface area contributed by atoms with E-state index in [1.54, 1.807) is 6.07 Å². The number of nitrogen functional groups attached to an aromatic ring is 1. The number of rotatable bonds is 5. The maximum atomic E-state index is 12.0. The van der Waals surface area contributed by atoms with Crippen LogP contribution in [0.25, 0.3) is 0 Å². The zero-order chi connectivity index (χ0) is 14.7. The maximum Gasteiger partial charge on any atom is 0.223 e. The van der Waals surface area contributed by atoms with Gasteiger partial charge in [-0.3, -0.25) is 9.69 Å². The fourth-order valence-electron chi connectivity index (χ4n) is 3.40. The summed E-state index contributed by atoms with van der Waals surface area (Å²) in [6, 6.07) is 8.23. The molecule has 5 heteroatoms. The van der Waals surface area contributed by atoms with Gasteiger partial charge in [-0.15, -0.1) is 0 Å². The predicted molar refractivity (Wildman–Crippen MR) is 82.1 cm³/mol. The first-order valence-corrected chi connectivity index (χ1v) is 7.75. The fourth-order valence-corrected chi connectivity index (χ4v) is 3.40. The summed E-state index contributed by atoms with van der Waals surface area (Å²) in [6.45, 7) is 2.67. The van der Waals surface area contributed by atoms with E-state index in [1.165, 1.54) is 19.4 Å². The molecule has 2 atom stereocenters. The number of fused-ring (bicyclic) bond motifs is 1. The number of nitrogens with zero attached hydrogens (tertiary/aromatic N) is 1. The third kappa shape index (κ3) is 3.29. The second kappa shape index (κ2) is 6.35. The highest BCUT2D eigenvalue weighted by Crippen LogP contribution is 2.27. The standard InChI is InChI=1S/C16H23N3O2/c17-12-4-1-2-6-15(12)21-11-8-16(20)18-13-7-10-19-9-3-5-14(13)19/h1-2,4,6,13-14H,3,5,7-11,17H2,(H,18,20). The maximum absolute atomic E-state index is 12.0. The Balaban J connectivity index is 1.42. The van der Waals surface area contributed by atoms with E-state index in [4.69, 9.17) is 10.5 Å². The number of carbonyl (C=O) groups excluding carboxylic acids is 1. The first kappa shape index (κ1) is 14.2.